The molecule has 0 amide bonds. The van der Waals surface area contributed by atoms with E-state index in [0.29, 0.717) is 12.3 Å². The van der Waals surface area contributed by atoms with Crippen LogP contribution >= 0.6 is 11.8 Å². The molecule has 0 fully saturated rings. The molecule has 0 aliphatic rings. The summed E-state index contributed by atoms with van der Waals surface area (Å²) in [5.41, 5.74) is -0.434. The molecule has 2 atom stereocenters. The zero-order chi connectivity index (χ0) is 15.8. The van der Waals surface area contributed by atoms with E-state index < -0.39 is 11.8 Å². The molecule has 120 valence electrons. The first-order chi connectivity index (χ1) is 9.11. The fraction of sp³-hybridized carbons (Fsp3) is 0.938. The summed E-state index contributed by atoms with van der Waals surface area (Å²) in [4.78, 5) is 12.2. The Kier molecular flexibility index (Phi) is 9.52. The Morgan fingerprint density at radius 3 is 2.25 bits per heavy atom. The molecule has 0 aromatic heterocycles. The van der Waals surface area contributed by atoms with Crippen molar-refractivity contribution < 1.29 is 13.9 Å². The number of rotatable bonds is 9. The maximum Gasteiger partial charge on any atom is 0.319 e. The number of hydrogen-bond acceptors (Lipinski definition) is 3. The van der Waals surface area contributed by atoms with Crippen molar-refractivity contribution in [2.75, 3.05) is 5.75 Å². The van der Waals surface area contributed by atoms with Gasteiger partial charge in [0, 0.05) is 0 Å². The number of halogens is 1. The Hall–Kier alpha value is -0.250. The molecule has 4 heteroatoms. The molecular weight excluding hydrogens is 275 g/mol. The summed E-state index contributed by atoms with van der Waals surface area (Å²) < 4.78 is 18.2. The lowest BCUT2D eigenvalue weighted by Gasteiger charge is -2.24. The van der Waals surface area contributed by atoms with E-state index in [4.69, 9.17) is 4.74 Å². The van der Waals surface area contributed by atoms with Crippen LogP contribution in [0.2, 0.25) is 0 Å². The van der Waals surface area contributed by atoms with Gasteiger partial charge in [-0.05, 0) is 65.0 Å². The number of hydrogen-bond donors (Lipinski definition) is 0. The maximum atomic E-state index is 12.7. The fourth-order valence-electron chi connectivity index (χ4n) is 1.78. The lowest BCUT2D eigenvalue weighted by molar-refractivity contribution is -0.154. The van der Waals surface area contributed by atoms with Crippen LogP contribution in [-0.2, 0) is 9.53 Å². The molecule has 0 heterocycles. The number of alkyl halides is 1. The molecule has 0 N–H and O–H groups in total. The highest BCUT2D eigenvalue weighted by Crippen LogP contribution is 2.24. The summed E-state index contributed by atoms with van der Waals surface area (Å²) in [6, 6.07) is 0. The van der Waals surface area contributed by atoms with E-state index in [-0.39, 0.29) is 11.2 Å². The summed E-state index contributed by atoms with van der Waals surface area (Å²) in [5, 5.41) is -0.1000. The smallest absolute Gasteiger partial charge is 0.319 e. The third-order valence-electron chi connectivity index (χ3n) is 2.67. The minimum atomic E-state index is -0.725. The van der Waals surface area contributed by atoms with Gasteiger partial charge >= 0.3 is 5.97 Å². The molecule has 20 heavy (non-hydrogen) atoms. The van der Waals surface area contributed by atoms with Gasteiger partial charge in [-0.2, -0.15) is 0 Å². The van der Waals surface area contributed by atoms with Crippen molar-refractivity contribution in [1.82, 2.24) is 0 Å². The topological polar surface area (TPSA) is 26.3 Å². The lowest BCUT2D eigenvalue weighted by atomic mass is 10.1. The van der Waals surface area contributed by atoms with Crippen molar-refractivity contribution >= 4 is 17.7 Å². The van der Waals surface area contributed by atoms with Gasteiger partial charge in [-0.3, -0.25) is 4.79 Å². The van der Waals surface area contributed by atoms with Crippen LogP contribution in [0.1, 0.15) is 67.2 Å². The molecule has 0 saturated heterocycles. The standard InChI is InChI=1S/C16H31FO2S/c1-12(2)11-14(15(18)19-16(4,5)6)20-10-8-7-9-13(3)17/h12-14H,7-11H2,1-6H3. The van der Waals surface area contributed by atoms with Gasteiger partial charge in [-0.1, -0.05) is 13.8 Å². The van der Waals surface area contributed by atoms with Gasteiger partial charge in [0.25, 0.3) is 0 Å². The minimum absolute atomic E-state index is 0.1000. The van der Waals surface area contributed by atoms with Gasteiger partial charge in [0.15, 0.2) is 0 Å². The number of unbranched alkanes of at least 4 members (excludes halogenated alkanes) is 1. The van der Waals surface area contributed by atoms with Gasteiger partial charge in [0.05, 0.1) is 6.17 Å². The van der Waals surface area contributed by atoms with Gasteiger partial charge < -0.3 is 4.74 Å². The predicted molar refractivity (Wildman–Crippen MR) is 86.0 cm³/mol. The SMILES string of the molecule is CC(C)CC(SCCCCC(C)F)C(=O)OC(C)(C)C. The minimum Gasteiger partial charge on any atom is -0.459 e. The average molecular weight is 306 g/mol. The first-order valence-electron chi connectivity index (χ1n) is 7.60. The second kappa shape index (κ2) is 9.64. The third kappa shape index (κ3) is 11.6. The molecule has 0 aromatic carbocycles. The second-order valence-corrected chi connectivity index (χ2v) is 8.11. The first kappa shape index (κ1) is 19.8. The largest absolute Gasteiger partial charge is 0.459 e. The highest BCUT2D eigenvalue weighted by Gasteiger charge is 2.26. The van der Waals surface area contributed by atoms with Gasteiger partial charge in [0.2, 0.25) is 0 Å². The van der Waals surface area contributed by atoms with Gasteiger partial charge in [-0.25, -0.2) is 4.39 Å². The first-order valence-corrected chi connectivity index (χ1v) is 8.65. The van der Waals surface area contributed by atoms with E-state index in [9.17, 15) is 9.18 Å². The number of esters is 1. The van der Waals surface area contributed by atoms with Gasteiger partial charge in [0.1, 0.15) is 10.9 Å². The Morgan fingerprint density at radius 2 is 1.80 bits per heavy atom. The summed E-state index contributed by atoms with van der Waals surface area (Å²) in [6.07, 6.45) is 2.56. The summed E-state index contributed by atoms with van der Waals surface area (Å²) >= 11 is 1.65. The zero-order valence-electron chi connectivity index (χ0n) is 13.9. The molecule has 0 bridgehead atoms. The van der Waals surface area contributed by atoms with Crippen LogP contribution in [0.3, 0.4) is 0 Å². The number of carbonyl (C=O) groups excluding carboxylic acids is 1. The van der Waals surface area contributed by atoms with Crippen LogP contribution in [0.25, 0.3) is 0 Å². The van der Waals surface area contributed by atoms with E-state index >= 15 is 0 Å². The van der Waals surface area contributed by atoms with Crippen molar-refractivity contribution in [2.45, 2.75) is 84.2 Å². The number of ether oxygens (including phenoxy) is 1. The van der Waals surface area contributed by atoms with Crippen LogP contribution in [0.15, 0.2) is 0 Å². The molecule has 0 radical (unpaired) electrons. The normalized spacial score (nSPS) is 15.2. The summed E-state index contributed by atoms with van der Waals surface area (Å²) in [5.74, 6) is 1.24. The molecule has 2 unspecified atom stereocenters. The summed E-state index contributed by atoms with van der Waals surface area (Å²) in [6.45, 7) is 11.5. The molecule has 0 aliphatic carbocycles. The molecule has 0 rings (SSSR count). The van der Waals surface area contributed by atoms with E-state index in [1.807, 2.05) is 20.8 Å². The Labute approximate surface area is 128 Å². The molecule has 0 aliphatic heterocycles. The van der Waals surface area contributed by atoms with E-state index in [1.54, 1.807) is 18.7 Å². The predicted octanol–water partition coefficient (Wildman–Crippen LogP) is 5.00. The third-order valence-corrected chi connectivity index (χ3v) is 3.98. The number of carbonyl (C=O) groups is 1. The van der Waals surface area contributed by atoms with Crippen molar-refractivity contribution in [2.24, 2.45) is 5.92 Å². The van der Waals surface area contributed by atoms with Crippen LogP contribution in [-0.4, -0.2) is 28.7 Å². The Bertz CT molecular complexity index is 272. The lowest BCUT2D eigenvalue weighted by Crippen LogP contribution is -2.31. The van der Waals surface area contributed by atoms with Crippen molar-refractivity contribution in [1.29, 1.82) is 0 Å². The van der Waals surface area contributed by atoms with E-state index in [2.05, 4.69) is 13.8 Å². The van der Waals surface area contributed by atoms with E-state index in [0.717, 1.165) is 25.0 Å². The molecule has 0 saturated carbocycles. The highest BCUT2D eigenvalue weighted by molar-refractivity contribution is 8.00. The van der Waals surface area contributed by atoms with Crippen LogP contribution in [0.5, 0.6) is 0 Å². The highest BCUT2D eigenvalue weighted by atomic mass is 32.2. The summed E-state index contributed by atoms with van der Waals surface area (Å²) in [7, 11) is 0. The van der Waals surface area contributed by atoms with Gasteiger partial charge in [-0.15, -0.1) is 11.8 Å². The quantitative estimate of drug-likeness (QED) is 0.443. The molecule has 0 aromatic rings. The monoisotopic (exact) mass is 306 g/mol. The van der Waals surface area contributed by atoms with Crippen LogP contribution in [0, 0.1) is 5.92 Å². The maximum absolute atomic E-state index is 12.7. The van der Waals surface area contributed by atoms with Crippen molar-refractivity contribution in [3.63, 3.8) is 0 Å². The Morgan fingerprint density at radius 1 is 1.20 bits per heavy atom. The number of thioether (sulfide) groups is 1. The second-order valence-electron chi connectivity index (χ2n) is 6.80. The average Bonchev–Trinajstić information content (AvgIpc) is 2.23. The van der Waals surface area contributed by atoms with Crippen LogP contribution in [0.4, 0.5) is 4.39 Å². The Balaban J connectivity index is 4.18. The fourth-order valence-corrected chi connectivity index (χ4v) is 3.14. The van der Waals surface area contributed by atoms with Crippen molar-refractivity contribution in [3.8, 4) is 0 Å². The molecular formula is C16H31FO2S. The van der Waals surface area contributed by atoms with Crippen LogP contribution < -0.4 is 0 Å². The molecule has 2 nitrogen and oxygen atoms in total. The zero-order valence-corrected chi connectivity index (χ0v) is 14.7. The molecule has 0 spiro atoms. The van der Waals surface area contributed by atoms with E-state index in [1.165, 1.54) is 0 Å². The van der Waals surface area contributed by atoms with Crippen molar-refractivity contribution in [3.05, 3.63) is 0 Å².